The molecule has 0 saturated heterocycles. The first-order chi connectivity index (χ1) is 7.56. The van der Waals surface area contributed by atoms with E-state index in [-0.39, 0.29) is 17.1 Å². The number of pyridine rings is 1. The van der Waals surface area contributed by atoms with Crippen molar-refractivity contribution in [2.45, 2.75) is 24.1 Å². The van der Waals surface area contributed by atoms with Gasteiger partial charge in [0.2, 0.25) is 0 Å². The standard InChI is InChI=1S/C11H14BrNO2S/c1-7(11(14)15-3)8(2)16-10-9(12)5-4-6-13-10/h4-8H,1-3H3. The minimum atomic E-state index is -0.188. The molecule has 0 fully saturated rings. The molecule has 0 saturated carbocycles. The highest BCUT2D eigenvalue weighted by molar-refractivity contribution is 9.10. The Hall–Kier alpha value is -0.550. The molecule has 1 aromatic heterocycles. The van der Waals surface area contributed by atoms with Crippen LogP contribution in [0.5, 0.6) is 0 Å². The maximum Gasteiger partial charge on any atom is 0.309 e. The highest BCUT2D eigenvalue weighted by atomic mass is 79.9. The maximum atomic E-state index is 11.4. The molecule has 2 atom stereocenters. The zero-order valence-corrected chi connectivity index (χ0v) is 11.8. The van der Waals surface area contributed by atoms with E-state index in [4.69, 9.17) is 4.74 Å². The third-order valence-electron chi connectivity index (χ3n) is 2.30. The summed E-state index contributed by atoms with van der Waals surface area (Å²) in [6.45, 7) is 3.85. The van der Waals surface area contributed by atoms with Crippen LogP contribution in [0.2, 0.25) is 0 Å². The fourth-order valence-electron chi connectivity index (χ4n) is 1.11. The number of hydrogen-bond acceptors (Lipinski definition) is 4. The van der Waals surface area contributed by atoms with E-state index in [0.717, 1.165) is 9.50 Å². The Bertz CT molecular complexity index is 373. The Kier molecular flexibility index (Phi) is 5.28. The fourth-order valence-corrected chi connectivity index (χ4v) is 2.62. The molecule has 0 N–H and O–H groups in total. The predicted octanol–water partition coefficient (Wildman–Crippen LogP) is 3.13. The summed E-state index contributed by atoms with van der Waals surface area (Å²) in [5, 5.41) is 1.02. The summed E-state index contributed by atoms with van der Waals surface area (Å²) in [6, 6.07) is 3.80. The van der Waals surface area contributed by atoms with Gasteiger partial charge in [-0.15, -0.1) is 11.8 Å². The molecule has 0 bridgehead atoms. The Morgan fingerprint density at radius 2 is 2.25 bits per heavy atom. The molecule has 0 aromatic carbocycles. The zero-order chi connectivity index (χ0) is 12.1. The van der Waals surface area contributed by atoms with Gasteiger partial charge >= 0.3 is 5.97 Å². The highest BCUT2D eigenvalue weighted by Crippen LogP contribution is 2.31. The Morgan fingerprint density at radius 1 is 1.56 bits per heavy atom. The van der Waals surface area contributed by atoms with Crippen molar-refractivity contribution in [3.8, 4) is 0 Å². The quantitative estimate of drug-likeness (QED) is 0.633. The number of thioether (sulfide) groups is 1. The van der Waals surface area contributed by atoms with Crippen LogP contribution in [-0.2, 0) is 9.53 Å². The van der Waals surface area contributed by atoms with Gasteiger partial charge in [0, 0.05) is 15.9 Å². The number of carbonyl (C=O) groups is 1. The lowest BCUT2D eigenvalue weighted by molar-refractivity contribution is -0.144. The summed E-state index contributed by atoms with van der Waals surface area (Å²) in [7, 11) is 1.41. The van der Waals surface area contributed by atoms with Crippen molar-refractivity contribution in [3.63, 3.8) is 0 Å². The molecular formula is C11H14BrNO2S. The van der Waals surface area contributed by atoms with Crippen molar-refractivity contribution in [1.82, 2.24) is 4.98 Å². The Balaban J connectivity index is 2.68. The van der Waals surface area contributed by atoms with Gasteiger partial charge in [0.15, 0.2) is 0 Å². The Labute approximate surface area is 108 Å². The third-order valence-corrected chi connectivity index (χ3v) is 4.53. The van der Waals surface area contributed by atoms with E-state index in [1.54, 1.807) is 18.0 Å². The molecule has 2 unspecified atom stereocenters. The number of nitrogens with zero attached hydrogens (tertiary/aromatic N) is 1. The number of halogens is 1. The first kappa shape index (κ1) is 13.5. The number of ether oxygens (including phenoxy) is 1. The summed E-state index contributed by atoms with van der Waals surface area (Å²) >= 11 is 4.99. The number of carbonyl (C=O) groups excluding carboxylic acids is 1. The van der Waals surface area contributed by atoms with Gasteiger partial charge in [0.05, 0.1) is 13.0 Å². The van der Waals surface area contributed by atoms with E-state index < -0.39 is 0 Å². The van der Waals surface area contributed by atoms with Crippen LogP contribution in [0.15, 0.2) is 27.8 Å². The van der Waals surface area contributed by atoms with Crippen LogP contribution in [0.3, 0.4) is 0 Å². The minimum Gasteiger partial charge on any atom is -0.469 e. The van der Waals surface area contributed by atoms with Gasteiger partial charge in [0.1, 0.15) is 5.03 Å². The Morgan fingerprint density at radius 3 is 2.81 bits per heavy atom. The molecule has 1 heterocycles. The smallest absolute Gasteiger partial charge is 0.309 e. The number of hydrogen-bond donors (Lipinski definition) is 0. The number of rotatable bonds is 4. The van der Waals surface area contributed by atoms with E-state index in [1.807, 2.05) is 26.0 Å². The van der Waals surface area contributed by atoms with Crippen LogP contribution in [0.4, 0.5) is 0 Å². The zero-order valence-electron chi connectivity index (χ0n) is 9.44. The third kappa shape index (κ3) is 3.49. The summed E-state index contributed by atoms with van der Waals surface area (Å²) in [4.78, 5) is 15.6. The largest absolute Gasteiger partial charge is 0.469 e. The maximum absolute atomic E-state index is 11.4. The summed E-state index contributed by atoms with van der Waals surface area (Å²) in [5.41, 5.74) is 0. The normalized spacial score (nSPS) is 14.2. The average molecular weight is 304 g/mol. The van der Waals surface area contributed by atoms with Crippen LogP contribution < -0.4 is 0 Å². The van der Waals surface area contributed by atoms with Crippen LogP contribution in [0, 0.1) is 5.92 Å². The van der Waals surface area contributed by atoms with Gasteiger partial charge in [0.25, 0.3) is 0 Å². The van der Waals surface area contributed by atoms with E-state index in [1.165, 1.54) is 7.11 Å². The average Bonchev–Trinajstić information content (AvgIpc) is 2.30. The lowest BCUT2D eigenvalue weighted by Crippen LogP contribution is -2.22. The lowest BCUT2D eigenvalue weighted by atomic mass is 10.1. The second-order valence-electron chi connectivity index (χ2n) is 3.43. The summed E-state index contributed by atoms with van der Waals surface area (Å²) < 4.78 is 5.66. The number of esters is 1. The molecule has 0 radical (unpaired) electrons. The molecular weight excluding hydrogens is 290 g/mol. The SMILES string of the molecule is COC(=O)C(C)C(C)Sc1ncccc1Br. The van der Waals surface area contributed by atoms with Gasteiger partial charge < -0.3 is 4.74 Å². The fraction of sp³-hybridized carbons (Fsp3) is 0.455. The van der Waals surface area contributed by atoms with E-state index in [0.29, 0.717) is 0 Å². The van der Waals surface area contributed by atoms with Crippen molar-refractivity contribution in [2.75, 3.05) is 7.11 Å². The second-order valence-corrected chi connectivity index (χ2v) is 5.65. The van der Waals surface area contributed by atoms with Crippen LogP contribution >= 0.6 is 27.7 Å². The van der Waals surface area contributed by atoms with E-state index >= 15 is 0 Å². The first-order valence-electron chi connectivity index (χ1n) is 4.91. The van der Waals surface area contributed by atoms with Crippen LogP contribution in [-0.4, -0.2) is 23.3 Å². The second kappa shape index (κ2) is 6.25. The number of aromatic nitrogens is 1. The lowest BCUT2D eigenvalue weighted by Gasteiger charge is -2.17. The van der Waals surface area contributed by atoms with Gasteiger partial charge in [-0.25, -0.2) is 4.98 Å². The number of methoxy groups -OCH3 is 1. The molecule has 1 rings (SSSR count). The molecule has 0 aliphatic rings. The van der Waals surface area contributed by atoms with Gasteiger partial charge in [-0.3, -0.25) is 4.79 Å². The summed E-state index contributed by atoms with van der Waals surface area (Å²) in [5.74, 6) is -0.337. The molecule has 0 amide bonds. The van der Waals surface area contributed by atoms with Crippen molar-refractivity contribution in [2.24, 2.45) is 5.92 Å². The monoisotopic (exact) mass is 303 g/mol. The molecule has 16 heavy (non-hydrogen) atoms. The van der Waals surface area contributed by atoms with Crippen molar-refractivity contribution in [1.29, 1.82) is 0 Å². The first-order valence-corrected chi connectivity index (χ1v) is 6.58. The molecule has 0 aliphatic heterocycles. The molecule has 0 spiro atoms. The van der Waals surface area contributed by atoms with Crippen molar-refractivity contribution >= 4 is 33.7 Å². The molecule has 3 nitrogen and oxygen atoms in total. The predicted molar refractivity (Wildman–Crippen MR) is 68.4 cm³/mol. The van der Waals surface area contributed by atoms with Gasteiger partial charge in [-0.2, -0.15) is 0 Å². The minimum absolute atomic E-state index is 0.124. The van der Waals surface area contributed by atoms with Gasteiger partial charge in [-0.05, 0) is 28.1 Å². The van der Waals surface area contributed by atoms with E-state index in [2.05, 4.69) is 20.9 Å². The molecule has 88 valence electrons. The van der Waals surface area contributed by atoms with Crippen LogP contribution in [0.1, 0.15) is 13.8 Å². The molecule has 1 aromatic rings. The summed E-state index contributed by atoms with van der Waals surface area (Å²) in [6.07, 6.45) is 1.74. The van der Waals surface area contributed by atoms with Crippen molar-refractivity contribution in [3.05, 3.63) is 22.8 Å². The van der Waals surface area contributed by atoms with Gasteiger partial charge in [-0.1, -0.05) is 13.8 Å². The highest BCUT2D eigenvalue weighted by Gasteiger charge is 2.22. The molecule has 5 heteroatoms. The topological polar surface area (TPSA) is 39.2 Å². The van der Waals surface area contributed by atoms with Crippen molar-refractivity contribution < 1.29 is 9.53 Å². The van der Waals surface area contributed by atoms with E-state index in [9.17, 15) is 4.79 Å². The van der Waals surface area contributed by atoms with Crippen LogP contribution in [0.25, 0.3) is 0 Å². The molecule has 0 aliphatic carbocycles.